The van der Waals surface area contributed by atoms with Crippen molar-refractivity contribution in [3.63, 3.8) is 0 Å². The Morgan fingerprint density at radius 2 is 2.11 bits per heavy atom. The Hall–Kier alpha value is -0.940. The summed E-state index contributed by atoms with van der Waals surface area (Å²) >= 11 is 0. The van der Waals surface area contributed by atoms with Crippen molar-refractivity contribution in [2.24, 2.45) is 0 Å². The average molecular weight is 268 g/mol. The fraction of sp³-hybridized carbons (Fsp3) is 0.615. The molecule has 0 aromatic carbocycles. The second-order valence-electron chi connectivity index (χ2n) is 5.85. The third-order valence-corrected chi connectivity index (χ3v) is 5.21. The van der Waals surface area contributed by atoms with Crippen LogP contribution in [0.25, 0.3) is 0 Å². The van der Waals surface area contributed by atoms with Crippen molar-refractivity contribution in [3.8, 4) is 0 Å². The summed E-state index contributed by atoms with van der Waals surface area (Å²) in [6, 6.07) is 3.48. The number of anilines is 1. The van der Waals surface area contributed by atoms with E-state index >= 15 is 0 Å². The van der Waals surface area contributed by atoms with Crippen molar-refractivity contribution in [1.82, 2.24) is 4.98 Å². The van der Waals surface area contributed by atoms with E-state index in [1.54, 1.807) is 18.3 Å². The van der Waals surface area contributed by atoms with E-state index in [-0.39, 0.29) is 10.9 Å². The van der Waals surface area contributed by atoms with E-state index in [4.69, 9.17) is 10.5 Å². The number of pyridine rings is 1. The van der Waals surface area contributed by atoms with Gasteiger partial charge in [0.2, 0.25) is 0 Å². The molecule has 2 rings (SSSR count). The highest BCUT2D eigenvalue weighted by atomic mass is 32.2. The Kier molecular flexibility index (Phi) is 3.23. The van der Waals surface area contributed by atoms with Gasteiger partial charge in [0.25, 0.3) is 0 Å². The zero-order valence-electron chi connectivity index (χ0n) is 11.3. The molecule has 0 bridgehead atoms. The highest BCUT2D eigenvalue weighted by Crippen LogP contribution is 2.41. The van der Waals surface area contributed by atoms with Crippen molar-refractivity contribution in [3.05, 3.63) is 18.3 Å². The lowest BCUT2D eigenvalue weighted by molar-refractivity contribution is -0.0633. The minimum absolute atomic E-state index is 0.0929. The van der Waals surface area contributed by atoms with E-state index in [1.165, 1.54) is 0 Å². The molecule has 4 nitrogen and oxygen atoms in total. The zero-order chi connectivity index (χ0) is 13.6. The largest absolute Gasteiger partial charge is 0.396 e. The van der Waals surface area contributed by atoms with Gasteiger partial charge in [-0.2, -0.15) is 0 Å². The van der Waals surface area contributed by atoms with E-state index in [2.05, 4.69) is 4.98 Å². The molecule has 1 aromatic rings. The normalized spacial score (nSPS) is 27.0. The summed E-state index contributed by atoms with van der Waals surface area (Å²) in [6.07, 6.45) is 2.36. The molecule has 1 fully saturated rings. The van der Waals surface area contributed by atoms with Crippen LogP contribution in [0.2, 0.25) is 0 Å². The van der Waals surface area contributed by atoms with Crippen LogP contribution in [0.5, 0.6) is 0 Å². The van der Waals surface area contributed by atoms with Gasteiger partial charge in [-0.1, -0.05) is 0 Å². The Balaban J connectivity index is 2.33. The van der Waals surface area contributed by atoms with Gasteiger partial charge < -0.3 is 10.5 Å². The molecule has 0 aliphatic carbocycles. The number of nitrogens with zero attached hydrogens (tertiary/aromatic N) is 1. The number of rotatable bonds is 2. The quantitative estimate of drug-likeness (QED) is 0.892. The fourth-order valence-corrected chi connectivity index (χ4v) is 4.40. The van der Waals surface area contributed by atoms with Gasteiger partial charge in [-0.3, -0.25) is 4.21 Å². The molecule has 2 unspecified atom stereocenters. The van der Waals surface area contributed by atoms with Crippen molar-refractivity contribution in [1.29, 1.82) is 0 Å². The van der Waals surface area contributed by atoms with Gasteiger partial charge in [-0.05, 0) is 46.2 Å². The first-order valence-corrected chi connectivity index (χ1v) is 7.25. The molecule has 0 radical (unpaired) electrons. The van der Waals surface area contributed by atoms with Crippen LogP contribution in [0.15, 0.2) is 23.4 Å². The molecule has 100 valence electrons. The van der Waals surface area contributed by atoms with Crippen molar-refractivity contribution in [2.45, 2.75) is 55.6 Å². The van der Waals surface area contributed by atoms with Gasteiger partial charge in [0, 0.05) is 6.20 Å². The molecule has 2 heterocycles. The van der Waals surface area contributed by atoms with Crippen molar-refractivity contribution in [2.75, 3.05) is 5.73 Å². The summed E-state index contributed by atoms with van der Waals surface area (Å²) < 4.78 is 18.6. The summed E-state index contributed by atoms with van der Waals surface area (Å²) in [7, 11) is -1.25. The van der Waals surface area contributed by atoms with Gasteiger partial charge >= 0.3 is 0 Å². The highest BCUT2D eigenvalue weighted by molar-refractivity contribution is 7.85. The summed E-state index contributed by atoms with van der Waals surface area (Å²) in [4.78, 5) is 4.16. The molecular formula is C13H20N2O2S. The van der Waals surface area contributed by atoms with Crippen LogP contribution in [-0.2, 0) is 15.5 Å². The van der Waals surface area contributed by atoms with E-state index in [0.29, 0.717) is 10.7 Å². The number of hydrogen-bond acceptors (Lipinski definition) is 4. The maximum Gasteiger partial charge on any atom is 0.150 e. The molecule has 1 saturated heterocycles. The van der Waals surface area contributed by atoms with E-state index in [9.17, 15) is 4.21 Å². The standard InChI is InChI=1S/C13H20N2O2S/c1-12(2)8-10(13(3,4)17-12)18(16)11-9(14)6-5-7-15-11/h5-7,10H,8,14H2,1-4H3. The lowest BCUT2D eigenvalue weighted by atomic mass is 10.0. The second kappa shape index (κ2) is 4.31. The summed E-state index contributed by atoms with van der Waals surface area (Å²) in [5.41, 5.74) is 5.64. The SMILES string of the molecule is CC1(C)CC(S(=O)c2ncccc2N)C(C)(C)O1. The number of nitrogen functional groups attached to an aromatic ring is 1. The number of hydrogen-bond donors (Lipinski definition) is 1. The monoisotopic (exact) mass is 268 g/mol. The van der Waals surface area contributed by atoms with Gasteiger partial charge in [-0.25, -0.2) is 4.98 Å². The topological polar surface area (TPSA) is 65.2 Å². The lowest BCUT2D eigenvalue weighted by Crippen LogP contribution is -2.36. The summed E-state index contributed by atoms with van der Waals surface area (Å²) in [6.45, 7) is 7.99. The third kappa shape index (κ3) is 2.42. The van der Waals surface area contributed by atoms with E-state index in [1.807, 2.05) is 27.7 Å². The molecule has 0 spiro atoms. The Labute approximate surface area is 110 Å². The number of nitrogens with two attached hydrogens (primary N) is 1. The molecule has 1 aliphatic rings. The zero-order valence-corrected chi connectivity index (χ0v) is 12.1. The molecule has 0 saturated carbocycles. The molecule has 1 aromatic heterocycles. The Bertz CT molecular complexity index is 486. The minimum Gasteiger partial charge on any atom is -0.396 e. The first-order chi connectivity index (χ1) is 8.23. The minimum atomic E-state index is -1.25. The smallest absolute Gasteiger partial charge is 0.150 e. The van der Waals surface area contributed by atoms with Crippen LogP contribution in [0, 0.1) is 0 Å². The summed E-state index contributed by atoms with van der Waals surface area (Å²) in [5.74, 6) is 0. The summed E-state index contributed by atoms with van der Waals surface area (Å²) in [5, 5.41) is 0.376. The molecule has 2 N–H and O–H groups in total. The molecular weight excluding hydrogens is 248 g/mol. The van der Waals surface area contributed by atoms with Gasteiger partial charge in [0.1, 0.15) is 5.03 Å². The Morgan fingerprint density at radius 1 is 1.44 bits per heavy atom. The van der Waals surface area contributed by atoms with Crippen LogP contribution in [-0.4, -0.2) is 25.6 Å². The first kappa shape index (κ1) is 13.5. The predicted molar refractivity (Wildman–Crippen MR) is 72.7 cm³/mol. The van der Waals surface area contributed by atoms with E-state index < -0.39 is 16.4 Å². The first-order valence-electron chi connectivity index (χ1n) is 6.04. The second-order valence-corrected chi connectivity index (χ2v) is 7.40. The van der Waals surface area contributed by atoms with Gasteiger partial charge in [0.15, 0.2) is 0 Å². The molecule has 18 heavy (non-hydrogen) atoms. The van der Waals surface area contributed by atoms with Crippen molar-refractivity contribution >= 4 is 16.5 Å². The number of aromatic nitrogens is 1. The van der Waals surface area contributed by atoms with Crippen molar-refractivity contribution < 1.29 is 8.95 Å². The highest BCUT2D eigenvalue weighted by Gasteiger charge is 2.49. The molecule has 0 amide bonds. The van der Waals surface area contributed by atoms with Crippen LogP contribution in [0.4, 0.5) is 5.69 Å². The van der Waals surface area contributed by atoms with E-state index in [0.717, 1.165) is 6.42 Å². The van der Waals surface area contributed by atoms with Crippen LogP contribution < -0.4 is 5.73 Å². The maximum absolute atomic E-state index is 12.7. The maximum atomic E-state index is 12.7. The average Bonchev–Trinajstić information content (AvgIpc) is 2.46. The van der Waals surface area contributed by atoms with Gasteiger partial charge in [0.05, 0.1) is 32.9 Å². The lowest BCUT2D eigenvalue weighted by Gasteiger charge is -2.26. The van der Waals surface area contributed by atoms with Gasteiger partial charge in [-0.15, -0.1) is 0 Å². The molecule has 5 heteroatoms. The Morgan fingerprint density at radius 3 is 2.61 bits per heavy atom. The van der Waals surface area contributed by atoms with Crippen LogP contribution in [0.1, 0.15) is 34.1 Å². The molecule has 2 atom stereocenters. The predicted octanol–water partition coefficient (Wildman–Crippen LogP) is 2.12. The third-order valence-electron chi connectivity index (χ3n) is 3.24. The van der Waals surface area contributed by atoms with Crippen LogP contribution in [0.3, 0.4) is 0 Å². The number of ether oxygens (including phenoxy) is 1. The molecule has 1 aliphatic heterocycles. The van der Waals surface area contributed by atoms with Crippen LogP contribution >= 0.6 is 0 Å². The fourth-order valence-electron chi connectivity index (χ4n) is 2.55.